The maximum atomic E-state index is 8.16. The van der Waals surface area contributed by atoms with Crippen molar-refractivity contribution in [3.8, 4) is 0 Å². The predicted molar refractivity (Wildman–Crippen MR) is 65.6 cm³/mol. The van der Waals surface area contributed by atoms with E-state index in [1.165, 1.54) is 11.3 Å². The first-order chi connectivity index (χ1) is 7.92. The van der Waals surface area contributed by atoms with E-state index in [0.717, 1.165) is 32.4 Å². The van der Waals surface area contributed by atoms with Crippen molar-refractivity contribution < 1.29 is 0 Å². The number of unbranched alkanes of at least 4 members (excludes halogenated alkanes) is 1. The first-order valence-electron chi connectivity index (χ1n) is 5.75. The molecule has 4 nitrogen and oxygen atoms in total. The number of benzene rings is 1. The molecule has 4 heteroatoms. The lowest BCUT2D eigenvalue weighted by molar-refractivity contribution is 0.706. The van der Waals surface area contributed by atoms with Gasteiger partial charge in [-0.2, -0.15) is 0 Å². The molecule has 1 aliphatic rings. The molecule has 0 fully saturated rings. The Morgan fingerprint density at radius 2 is 2.19 bits per heavy atom. The molecule has 0 unspecified atom stereocenters. The second-order valence-corrected chi connectivity index (χ2v) is 4.03. The molecule has 0 radical (unpaired) electrons. The zero-order valence-corrected chi connectivity index (χ0v) is 9.34. The minimum atomic E-state index is 0.617. The Hall–Kier alpha value is -1.67. The molecule has 0 saturated carbocycles. The summed E-state index contributed by atoms with van der Waals surface area (Å²) < 4.78 is 0. The van der Waals surface area contributed by atoms with Gasteiger partial charge >= 0.3 is 0 Å². The van der Waals surface area contributed by atoms with Crippen molar-refractivity contribution in [2.24, 2.45) is 5.11 Å². The summed E-state index contributed by atoms with van der Waals surface area (Å²) in [6.07, 6.45) is 3.22. The van der Waals surface area contributed by atoms with Gasteiger partial charge < -0.3 is 4.90 Å². The molecule has 0 amide bonds. The Balaban J connectivity index is 1.82. The van der Waals surface area contributed by atoms with Crippen molar-refractivity contribution >= 4 is 5.69 Å². The molecule has 16 heavy (non-hydrogen) atoms. The normalized spacial score (nSPS) is 13.4. The molecule has 1 aliphatic heterocycles. The second kappa shape index (κ2) is 5.42. The molecule has 0 N–H and O–H groups in total. The van der Waals surface area contributed by atoms with Gasteiger partial charge in [0, 0.05) is 30.2 Å². The summed E-state index contributed by atoms with van der Waals surface area (Å²) in [6.45, 7) is 2.81. The van der Waals surface area contributed by atoms with E-state index >= 15 is 0 Å². The molecule has 1 heterocycles. The minimum Gasteiger partial charge on any atom is -0.371 e. The molecule has 0 atom stereocenters. The van der Waals surface area contributed by atoms with Crippen LogP contribution in [0.2, 0.25) is 0 Å². The van der Waals surface area contributed by atoms with Gasteiger partial charge in [0.2, 0.25) is 0 Å². The molecule has 0 aliphatic carbocycles. The van der Waals surface area contributed by atoms with Crippen LogP contribution in [0.25, 0.3) is 10.4 Å². The van der Waals surface area contributed by atoms with E-state index in [4.69, 9.17) is 5.53 Å². The fourth-order valence-electron chi connectivity index (χ4n) is 2.17. The summed E-state index contributed by atoms with van der Waals surface area (Å²) >= 11 is 0. The second-order valence-electron chi connectivity index (χ2n) is 4.03. The number of nitrogens with zero attached hydrogens (tertiary/aromatic N) is 4. The van der Waals surface area contributed by atoms with Crippen molar-refractivity contribution in [1.82, 2.24) is 0 Å². The van der Waals surface area contributed by atoms with Gasteiger partial charge in [-0.3, -0.25) is 0 Å². The number of azide groups is 1. The highest BCUT2D eigenvalue weighted by Gasteiger charge is 2.16. The van der Waals surface area contributed by atoms with Crippen LogP contribution in [0, 0.1) is 0 Å². The minimum absolute atomic E-state index is 0.617. The molecule has 1 aromatic carbocycles. The van der Waals surface area contributed by atoms with E-state index in [9.17, 15) is 0 Å². The summed E-state index contributed by atoms with van der Waals surface area (Å²) in [4.78, 5) is 5.17. The third-order valence-corrected chi connectivity index (χ3v) is 2.98. The Labute approximate surface area is 95.5 Å². The van der Waals surface area contributed by atoms with E-state index in [-0.39, 0.29) is 0 Å². The first kappa shape index (κ1) is 10.8. The molecule has 0 bridgehead atoms. The Kier molecular flexibility index (Phi) is 3.67. The van der Waals surface area contributed by atoms with E-state index in [2.05, 4.69) is 39.2 Å². The van der Waals surface area contributed by atoms with Gasteiger partial charge in [0.25, 0.3) is 0 Å². The van der Waals surface area contributed by atoms with Crippen molar-refractivity contribution in [1.29, 1.82) is 0 Å². The highest BCUT2D eigenvalue weighted by molar-refractivity contribution is 5.57. The topological polar surface area (TPSA) is 52.0 Å². The Morgan fingerprint density at radius 1 is 1.31 bits per heavy atom. The maximum absolute atomic E-state index is 8.16. The van der Waals surface area contributed by atoms with Crippen molar-refractivity contribution in [3.05, 3.63) is 40.3 Å². The van der Waals surface area contributed by atoms with Crippen LogP contribution in [-0.4, -0.2) is 19.6 Å². The van der Waals surface area contributed by atoms with Crippen LogP contribution >= 0.6 is 0 Å². The molecule has 1 aromatic rings. The Bertz CT molecular complexity index is 396. The maximum Gasteiger partial charge on any atom is 0.0399 e. The fourth-order valence-corrected chi connectivity index (χ4v) is 2.17. The van der Waals surface area contributed by atoms with Crippen LogP contribution in [0.15, 0.2) is 29.4 Å². The molecule has 2 rings (SSSR count). The van der Waals surface area contributed by atoms with Crippen LogP contribution in [0.5, 0.6) is 0 Å². The van der Waals surface area contributed by atoms with Crippen LogP contribution in [0.3, 0.4) is 0 Å². The van der Waals surface area contributed by atoms with Gasteiger partial charge in [-0.05, 0) is 36.4 Å². The Morgan fingerprint density at radius 3 is 3.06 bits per heavy atom. The van der Waals surface area contributed by atoms with Crippen LogP contribution in [-0.2, 0) is 6.42 Å². The number of hydrogen-bond donors (Lipinski definition) is 0. The zero-order chi connectivity index (χ0) is 11.2. The molecular formula is C12H16N4. The van der Waals surface area contributed by atoms with Crippen LogP contribution in [0.1, 0.15) is 18.4 Å². The number of rotatable bonds is 5. The SMILES string of the molecule is [N-]=[N+]=NCCCCN1CCc2ccccc21. The summed E-state index contributed by atoms with van der Waals surface area (Å²) in [5.74, 6) is 0. The average molecular weight is 216 g/mol. The summed E-state index contributed by atoms with van der Waals surface area (Å²) in [6, 6.07) is 8.59. The lowest BCUT2D eigenvalue weighted by atomic mass is 10.2. The van der Waals surface area contributed by atoms with Crippen molar-refractivity contribution in [3.63, 3.8) is 0 Å². The van der Waals surface area contributed by atoms with Crippen LogP contribution in [0.4, 0.5) is 5.69 Å². The van der Waals surface area contributed by atoms with E-state index < -0.39 is 0 Å². The smallest absolute Gasteiger partial charge is 0.0399 e. The highest BCUT2D eigenvalue weighted by Crippen LogP contribution is 2.27. The van der Waals surface area contributed by atoms with Crippen molar-refractivity contribution in [2.75, 3.05) is 24.5 Å². The van der Waals surface area contributed by atoms with Gasteiger partial charge in [-0.25, -0.2) is 0 Å². The highest BCUT2D eigenvalue weighted by atomic mass is 15.1. The summed E-state index contributed by atoms with van der Waals surface area (Å²) in [5, 5.41) is 3.54. The van der Waals surface area contributed by atoms with E-state index in [1.807, 2.05) is 0 Å². The molecule has 0 saturated heterocycles. The summed E-state index contributed by atoms with van der Waals surface area (Å²) in [7, 11) is 0. The number of para-hydroxylation sites is 1. The summed E-state index contributed by atoms with van der Waals surface area (Å²) in [5.41, 5.74) is 11.0. The molecule has 84 valence electrons. The molecular weight excluding hydrogens is 200 g/mol. The lowest BCUT2D eigenvalue weighted by Crippen LogP contribution is -2.21. The average Bonchev–Trinajstić information content (AvgIpc) is 2.73. The monoisotopic (exact) mass is 216 g/mol. The third-order valence-electron chi connectivity index (χ3n) is 2.98. The van der Waals surface area contributed by atoms with Gasteiger partial charge in [0.15, 0.2) is 0 Å². The van der Waals surface area contributed by atoms with Crippen molar-refractivity contribution in [2.45, 2.75) is 19.3 Å². The van der Waals surface area contributed by atoms with Gasteiger partial charge in [0.1, 0.15) is 0 Å². The third kappa shape index (κ3) is 2.47. The van der Waals surface area contributed by atoms with E-state index in [1.54, 1.807) is 0 Å². The zero-order valence-electron chi connectivity index (χ0n) is 9.34. The quantitative estimate of drug-likeness (QED) is 0.323. The van der Waals surface area contributed by atoms with Gasteiger partial charge in [-0.1, -0.05) is 23.3 Å². The molecule has 0 aromatic heterocycles. The molecule has 0 spiro atoms. The van der Waals surface area contributed by atoms with Gasteiger partial charge in [0.05, 0.1) is 0 Å². The predicted octanol–water partition coefficient (Wildman–Crippen LogP) is 3.14. The largest absolute Gasteiger partial charge is 0.371 e. The van der Waals surface area contributed by atoms with E-state index in [0.29, 0.717) is 6.54 Å². The lowest BCUT2D eigenvalue weighted by Gasteiger charge is -2.18. The number of anilines is 1. The first-order valence-corrected chi connectivity index (χ1v) is 5.75. The van der Waals surface area contributed by atoms with Gasteiger partial charge in [-0.15, -0.1) is 0 Å². The number of fused-ring (bicyclic) bond motifs is 1. The fraction of sp³-hybridized carbons (Fsp3) is 0.500. The standard InChI is InChI=1S/C12H16N4/c13-15-14-8-3-4-9-16-10-7-11-5-1-2-6-12(11)16/h1-2,5-6H,3-4,7-10H2. The number of hydrogen-bond acceptors (Lipinski definition) is 2. The van der Waals surface area contributed by atoms with Crippen LogP contribution < -0.4 is 4.90 Å².